The predicted octanol–water partition coefficient (Wildman–Crippen LogP) is 2.83. The Morgan fingerprint density at radius 3 is 2.70 bits per heavy atom. The number of carbonyl (C=O) groups excluding carboxylic acids is 1. The summed E-state index contributed by atoms with van der Waals surface area (Å²) >= 11 is 1.72. The second-order valence-corrected chi connectivity index (χ2v) is 6.04. The molecule has 3 rings (SSSR count). The number of anilines is 1. The fourth-order valence-corrected chi connectivity index (χ4v) is 2.61. The first kappa shape index (κ1) is 15.3. The third-order valence-corrected chi connectivity index (χ3v) is 3.90. The summed E-state index contributed by atoms with van der Waals surface area (Å²) in [5.41, 5.74) is 1.09. The first-order valence-corrected chi connectivity index (χ1v) is 8.02. The van der Waals surface area contributed by atoms with Gasteiger partial charge in [0.1, 0.15) is 5.69 Å². The maximum atomic E-state index is 12.2. The minimum absolute atomic E-state index is 0.0441. The van der Waals surface area contributed by atoms with E-state index in [9.17, 15) is 4.79 Å². The normalized spacial score (nSPS) is 10.7. The highest BCUT2D eigenvalue weighted by Gasteiger charge is 2.14. The van der Waals surface area contributed by atoms with Gasteiger partial charge in [-0.1, -0.05) is 12.0 Å². The molecule has 0 bridgehead atoms. The number of aryl methyl sites for hydroxylation is 1. The first-order valence-electron chi connectivity index (χ1n) is 7.03. The van der Waals surface area contributed by atoms with E-state index in [1.54, 1.807) is 47.9 Å². The topological polar surface area (TPSA) is 85.8 Å². The highest BCUT2D eigenvalue weighted by Crippen LogP contribution is 2.20. The van der Waals surface area contributed by atoms with E-state index in [0.29, 0.717) is 11.3 Å². The average molecular weight is 329 g/mol. The minimum Gasteiger partial charge on any atom is -0.401 e. The second-order valence-electron chi connectivity index (χ2n) is 4.70. The Balaban J connectivity index is 1.69. The molecule has 0 atom stereocenters. The molecule has 0 aliphatic rings. The van der Waals surface area contributed by atoms with Gasteiger partial charge in [0, 0.05) is 23.7 Å². The summed E-state index contributed by atoms with van der Waals surface area (Å²) in [7, 11) is 1.79. The van der Waals surface area contributed by atoms with Gasteiger partial charge in [-0.05, 0) is 36.1 Å². The SMILES string of the molecule is CCSc1ccc(C(=O)Nc2nnc(-c3ccn(C)n3)o2)cc1. The van der Waals surface area contributed by atoms with Gasteiger partial charge in [-0.25, -0.2) is 0 Å². The van der Waals surface area contributed by atoms with E-state index < -0.39 is 0 Å². The summed E-state index contributed by atoms with van der Waals surface area (Å²) in [6, 6.07) is 9.16. The number of hydrogen-bond acceptors (Lipinski definition) is 6. The molecule has 0 aliphatic heterocycles. The van der Waals surface area contributed by atoms with Crippen molar-refractivity contribution in [3.63, 3.8) is 0 Å². The van der Waals surface area contributed by atoms with Crippen molar-refractivity contribution in [3.05, 3.63) is 42.1 Å². The molecule has 2 heterocycles. The highest BCUT2D eigenvalue weighted by molar-refractivity contribution is 7.99. The number of rotatable bonds is 5. The lowest BCUT2D eigenvalue weighted by Gasteiger charge is -2.02. The van der Waals surface area contributed by atoms with Gasteiger partial charge in [0.2, 0.25) is 0 Å². The zero-order valence-electron chi connectivity index (χ0n) is 12.7. The zero-order valence-corrected chi connectivity index (χ0v) is 13.5. The fraction of sp³-hybridized carbons (Fsp3) is 0.200. The number of nitrogens with one attached hydrogen (secondary N) is 1. The molecular weight excluding hydrogens is 314 g/mol. The number of hydrogen-bond donors (Lipinski definition) is 1. The minimum atomic E-state index is -0.297. The van der Waals surface area contributed by atoms with E-state index in [1.165, 1.54) is 0 Å². The summed E-state index contributed by atoms with van der Waals surface area (Å²) < 4.78 is 7.04. The van der Waals surface area contributed by atoms with E-state index >= 15 is 0 Å². The van der Waals surface area contributed by atoms with Crippen LogP contribution in [0.15, 0.2) is 45.8 Å². The number of amides is 1. The van der Waals surface area contributed by atoms with Crippen molar-refractivity contribution in [2.45, 2.75) is 11.8 Å². The van der Waals surface area contributed by atoms with Crippen LogP contribution in [0.3, 0.4) is 0 Å². The molecule has 3 aromatic rings. The summed E-state index contributed by atoms with van der Waals surface area (Å²) in [6.45, 7) is 2.08. The zero-order chi connectivity index (χ0) is 16.2. The number of nitrogens with zero attached hydrogens (tertiary/aromatic N) is 4. The summed E-state index contributed by atoms with van der Waals surface area (Å²) in [5, 5.41) is 14.4. The van der Waals surface area contributed by atoms with Crippen molar-refractivity contribution in [1.82, 2.24) is 20.0 Å². The molecule has 23 heavy (non-hydrogen) atoms. The molecule has 0 spiro atoms. The van der Waals surface area contributed by atoms with Crippen LogP contribution in [0.2, 0.25) is 0 Å². The van der Waals surface area contributed by atoms with E-state index in [4.69, 9.17) is 4.42 Å². The van der Waals surface area contributed by atoms with Crippen LogP contribution >= 0.6 is 11.8 Å². The molecule has 0 aliphatic carbocycles. The molecule has 0 unspecified atom stereocenters. The van der Waals surface area contributed by atoms with E-state index in [1.807, 2.05) is 12.1 Å². The van der Waals surface area contributed by atoms with E-state index in [-0.39, 0.29) is 17.8 Å². The van der Waals surface area contributed by atoms with Crippen molar-refractivity contribution >= 4 is 23.7 Å². The second kappa shape index (κ2) is 6.66. The van der Waals surface area contributed by atoms with Crippen molar-refractivity contribution in [1.29, 1.82) is 0 Å². The molecule has 1 N–H and O–H groups in total. The van der Waals surface area contributed by atoms with Crippen LogP contribution in [0.1, 0.15) is 17.3 Å². The molecule has 0 radical (unpaired) electrons. The number of thioether (sulfide) groups is 1. The van der Waals surface area contributed by atoms with Gasteiger partial charge in [-0.3, -0.25) is 14.8 Å². The van der Waals surface area contributed by atoms with Crippen LogP contribution < -0.4 is 5.32 Å². The van der Waals surface area contributed by atoms with Crippen LogP contribution in [0, 0.1) is 0 Å². The van der Waals surface area contributed by atoms with Gasteiger partial charge in [-0.2, -0.15) is 5.10 Å². The molecular formula is C15H15N5O2S. The van der Waals surface area contributed by atoms with Crippen LogP contribution in [-0.2, 0) is 7.05 Å². The molecule has 118 valence electrons. The smallest absolute Gasteiger partial charge is 0.322 e. The van der Waals surface area contributed by atoms with Gasteiger partial charge < -0.3 is 4.42 Å². The van der Waals surface area contributed by atoms with Crippen LogP contribution in [0.4, 0.5) is 6.01 Å². The van der Waals surface area contributed by atoms with E-state index in [2.05, 4.69) is 27.5 Å². The molecule has 1 amide bonds. The molecule has 8 heteroatoms. The van der Waals surface area contributed by atoms with Gasteiger partial charge in [-0.15, -0.1) is 16.9 Å². The Morgan fingerprint density at radius 2 is 2.04 bits per heavy atom. The van der Waals surface area contributed by atoms with Crippen LogP contribution in [0.25, 0.3) is 11.6 Å². The third kappa shape index (κ3) is 3.59. The lowest BCUT2D eigenvalue weighted by molar-refractivity contribution is 0.102. The molecule has 7 nitrogen and oxygen atoms in total. The first-order chi connectivity index (χ1) is 11.2. The summed E-state index contributed by atoms with van der Waals surface area (Å²) in [5.74, 6) is 0.953. The van der Waals surface area contributed by atoms with Crippen molar-refractivity contribution < 1.29 is 9.21 Å². The summed E-state index contributed by atoms with van der Waals surface area (Å²) in [6.07, 6.45) is 1.77. The predicted molar refractivity (Wildman–Crippen MR) is 87.3 cm³/mol. The Labute approximate surface area is 137 Å². The quantitative estimate of drug-likeness (QED) is 0.724. The summed E-state index contributed by atoms with van der Waals surface area (Å²) in [4.78, 5) is 13.3. The maximum Gasteiger partial charge on any atom is 0.322 e. The fourth-order valence-electron chi connectivity index (χ4n) is 1.94. The lowest BCUT2D eigenvalue weighted by Crippen LogP contribution is -2.11. The number of benzene rings is 1. The third-order valence-electron chi connectivity index (χ3n) is 3.01. The molecule has 1 aromatic carbocycles. The van der Waals surface area contributed by atoms with Crippen LogP contribution in [0.5, 0.6) is 0 Å². The Hall–Kier alpha value is -2.61. The van der Waals surface area contributed by atoms with Crippen molar-refractivity contribution in [2.75, 3.05) is 11.1 Å². The van der Waals surface area contributed by atoms with Crippen molar-refractivity contribution in [2.24, 2.45) is 7.05 Å². The molecule has 0 fully saturated rings. The van der Waals surface area contributed by atoms with Gasteiger partial charge in [0.05, 0.1) is 0 Å². The van der Waals surface area contributed by atoms with E-state index in [0.717, 1.165) is 10.6 Å². The van der Waals surface area contributed by atoms with Crippen LogP contribution in [-0.4, -0.2) is 31.6 Å². The van der Waals surface area contributed by atoms with Crippen molar-refractivity contribution in [3.8, 4) is 11.6 Å². The van der Waals surface area contributed by atoms with Gasteiger partial charge in [0.25, 0.3) is 11.8 Å². The molecule has 0 saturated heterocycles. The Kier molecular flexibility index (Phi) is 4.42. The molecule has 2 aromatic heterocycles. The monoisotopic (exact) mass is 329 g/mol. The largest absolute Gasteiger partial charge is 0.401 e. The maximum absolute atomic E-state index is 12.2. The lowest BCUT2D eigenvalue weighted by atomic mass is 10.2. The van der Waals surface area contributed by atoms with Gasteiger partial charge >= 0.3 is 6.01 Å². The highest BCUT2D eigenvalue weighted by atomic mass is 32.2. The Morgan fingerprint density at radius 1 is 1.26 bits per heavy atom. The number of carbonyl (C=O) groups is 1. The van der Waals surface area contributed by atoms with Gasteiger partial charge in [0.15, 0.2) is 0 Å². The number of aromatic nitrogens is 4. The standard InChI is InChI=1S/C15H15N5O2S/c1-3-23-11-6-4-10(5-7-11)13(21)16-15-18-17-14(22-15)12-8-9-20(2)19-12/h4-9H,3H2,1-2H3,(H,16,18,21). The average Bonchev–Trinajstić information content (AvgIpc) is 3.17. The molecule has 0 saturated carbocycles. The Bertz CT molecular complexity index is 809.